The van der Waals surface area contributed by atoms with E-state index in [9.17, 15) is 4.79 Å². The van der Waals surface area contributed by atoms with Crippen LogP contribution in [0.1, 0.15) is 10.4 Å². The number of ether oxygens (including phenoxy) is 4. The minimum absolute atomic E-state index is 0.0220. The van der Waals surface area contributed by atoms with Gasteiger partial charge in [0.2, 0.25) is 0 Å². The van der Waals surface area contributed by atoms with Crippen LogP contribution >= 0.6 is 0 Å². The summed E-state index contributed by atoms with van der Waals surface area (Å²) in [6.07, 6.45) is 0.782. The molecule has 0 fully saturated rings. The Balaban J connectivity index is 2.08. The van der Waals surface area contributed by atoms with Gasteiger partial charge in [0.1, 0.15) is 18.6 Å². The molecular weight excluding hydrogens is 302 g/mol. The Labute approximate surface area is 136 Å². The van der Waals surface area contributed by atoms with Gasteiger partial charge in [-0.05, 0) is 18.2 Å². The topological polar surface area (TPSA) is 86.3 Å². The number of aliphatic hydroxyl groups is 1. The number of hydrogen-bond donors (Lipinski definition) is 2. The molecule has 0 saturated carbocycles. The van der Waals surface area contributed by atoms with E-state index in [4.69, 9.17) is 24.1 Å². The first-order chi connectivity index (χ1) is 11.3. The molecule has 0 radical (unpaired) electrons. The van der Waals surface area contributed by atoms with Crippen LogP contribution in [0.2, 0.25) is 0 Å². The van der Waals surface area contributed by atoms with Crippen LogP contribution in [0, 0.1) is 0 Å². The molecule has 7 nitrogen and oxygen atoms in total. The summed E-state index contributed by atoms with van der Waals surface area (Å²) in [6, 6.07) is 5.21. The summed E-state index contributed by atoms with van der Waals surface area (Å²) in [4.78, 5) is 10.8. The third kappa shape index (κ3) is 8.51. The molecule has 23 heavy (non-hydrogen) atoms. The molecule has 130 valence electrons. The Hall–Kier alpha value is -1.67. The monoisotopic (exact) mass is 327 g/mol. The van der Waals surface area contributed by atoms with Crippen LogP contribution in [-0.2, 0) is 14.2 Å². The zero-order valence-corrected chi connectivity index (χ0v) is 13.5. The van der Waals surface area contributed by atoms with E-state index in [1.165, 1.54) is 0 Å². The second kappa shape index (κ2) is 12.8. The summed E-state index contributed by atoms with van der Waals surface area (Å²) >= 11 is 0. The lowest BCUT2D eigenvalue weighted by atomic mass is 10.2. The summed E-state index contributed by atoms with van der Waals surface area (Å²) in [5, 5.41) is 11.5. The van der Waals surface area contributed by atoms with Crippen LogP contribution in [-0.4, -0.2) is 71.3 Å². The Kier molecular flexibility index (Phi) is 10.8. The standard InChI is InChI=1S/C16H25NO6/c1-17-15-3-2-14(13-19)12-16(15)23-11-10-22-9-8-21-7-6-20-5-4-18/h2-3,12-13,17-18H,4-11H2,1H3. The van der Waals surface area contributed by atoms with E-state index < -0.39 is 0 Å². The average Bonchev–Trinajstić information content (AvgIpc) is 2.59. The average molecular weight is 327 g/mol. The van der Waals surface area contributed by atoms with E-state index in [1.807, 2.05) is 0 Å². The largest absolute Gasteiger partial charge is 0.489 e. The van der Waals surface area contributed by atoms with Gasteiger partial charge in [-0.25, -0.2) is 0 Å². The van der Waals surface area contributed by atoms with Gasteiger partial charge in [-0.2, -0.15) is 0 Å². The second-order valence-electron chi connectivity index (χ2n) is 4.53. The predicted molar refractivity (Wildman–Crippen MR) is 86.4 cm³/mol. The molecule has 0 aliphatic rings. The number of aliphatic hydroxyl groups excluding tert-OH is 1. The van der Waals surface area contributed by atoms with Crippen molar-refractivity contribution in [1.29, 1.82) is 0 Å². The summed E-state index contributed by atoms with van der Waals surface area (Å²) in [5.74, 6) is 0.623. The number of aldehydes is 1. The molecule has 0 bridgehead atoms. The fourth-order valence-corrected chi connectivity index (χ4v) is 1.76. The smallest absolute Gasteiger partial charge is 0.150 e. The first-order valence-electron chi connectivity index (χ1n) is 7.55. The van der Waals surface area contributed by atoms with Gasteiger partial charge >= 0.3 is 0 Å². The van der Waals surface area contributed by atoms with Crippen molar-refractivity contribution < 1.29 is 28.8 Å². The Bertz CT molecular complexity index is 441. The van der Waals surface area contributed by atoms with Crippen LogP contribution in [0.25, 0.3) is 0 Å². The van der Waals surface area contributed by atoms with Gasteiger partial charge in [0.25, 0.3) is 0 Å². The minimum atomic E-state index is 0.0220. The molecule has 0 saturated heterocycles. The predicted octanol–water partition coefficient (Wildman–Crippen LogP) is 0.962. The van der Waals surface area contributed by atoms with Crippen molar-refractivity contribution >= 4 is 12.0 Å². The number of hydrogen-bond acceptors (Lipinski definition) is 7. The molecule has 0 heterocycles. The first kappa shape index (κ1) is 19.4. The van der Waals surface area contributed by atoms with E-state index in [2.05, 4.69) is 5.32 Å². The zero-order chi connectivity index (χ0) is 16.8. The van der Waals surface area contributed by atoms with Crippen LogP contribution in [0.5, 0.6) is 5.75 Å². The third-order valence-corrected chi connectivity index (χ3v) is 2.88. The van der Waals surface area contributed by atoms with Crippen molar-refractivity contribution in [3.63, 3.8) is 0 Å². The van der Waals surface area contributed by atoms with Crippen LogP contribution in [0.4, 0.5) is 5.69 Å². The first-order valence-corrected chi connectivity index (χ1v) is 7.55. The van der Waals surface area contributed by atoms with Gasteiger partial charge in [-0.1, -0.05) is 0 Å². The van der Waals surface area contributed by atoms with E-state index in [1.54, 1.807) is 25.2 Å². The van der Waals surface area contributed by atoms with Gasteiger partial charge in [0, 0.05) is 12.6 Å². The maximum absolute atomic E-state index is 10.8. The highest BCUT2D eigenvalue weighted by Gasteiger charge is 2.03. The normalized spacial score (nSPS) is 10.5. The highest BCUT2D eigenvalue weighted by Crippen LogP contribution is 2.24. The fraction of sp³-hybridized carbons (Fsp3) is 0.562. The van der Waals surface area contributed by atoms with Gasteiger partial charge in [-0.3, -0.25) is 4.79 Å². The van der Waals surface area contributed by atoms with Crippen molar-refractivity contribution in [2.75, 3.05) is 65.2 Å². The highest BCUT2D eigenvalue weighted by molar-refractivity contribution is 5.78. The molecular formula is C16H25NO6. The van der Waals surface area contributed by atoms with Gasteiger partial charge < -0.3 is 29.4 Å². The molecule has 0 amide bonds. The number of carbonyl (C=O) groups excluding carboxylic acids is 1. The molecule has 0 atom stereocenters. The lowest BCUT2D eigenvalue weighted by Crippen LogP contribution is -2.13. The molecule has 0 spiro atoms. The number of benzene rings is 1. The number of nitrogens with one attached hydrogen (secondary N) is 1. The maximum Gasteiger partial charge on any atom is 0.150 e. The summed E-state index contributed by atoms with van der Waals surface area (Å²) in [7, 11) is 1.79. The lowest BCUT2D eigenvalue weighted by Gasteiger charge is -2.12. The minimum Gasteiger partial charge on any atom is -0.489 e. The molecule has 1 aromatic rings. The molecule has 0 aromatic heterocycles. The van der Waals surface area contributed by atoms with Crippen molar-refractivity contribution in [1.82, 2.24) is 0 Å². The highest BCUT2D eigenvalue weighted by atomic mass is 16.6. The molecule has 1 rings (SSSR count). The molecule has 0 aliphatic heterocycles. The third-order valence-electron chi connectivity index (χ3n) is 2.88. The second-order valence-corrected chi connectivity index (χ2v) is 4.53. The van der Waals surface area contributed by atoms with Crippen molar-refractivity contribution in [2.24, 2.45) is 0 Å². The molecule has 2 N–H and O–H groups in total. The molecule has 1 aromatic carbocycles. The summed E-state index contributed by atoms with van der Waals surface area (Å²) in [6.45, 7) is 3.05. The quantitative estimate of drug-likeness (QED) is 0.389. The van der Waals surface area contributed by atoms with Crippen molar-refractivity contribution in [3.8, 4) is 5.75 Å². The van der Waals surface area contributed by atoms with Gasteiger partial charge in [0.05, 0.1) is 51.9 Å². The lowest BCUT2D eigenvalue weighted by molar-refractivity contribution is 0.00364. The van der Waals surface area contributed by atoms with Crippen LogP contribution < -0.4 is 10.1 Å². The van der Waals surface area contributed by atoms with E-state index in [0.717, 1.165) is 12.0 Å². The Morgan fingerprint density at radius 2 is 1.61 bits per heavy atom. The maximum atomic E-state index is 10.8. The van der Waals surface area contributed by atoms with Gasteiger partial charge in [0.15, 0.2) is 0 Å². The Morgan fingerprint density at radius 3 is 2.17 bits per heavy atom. The van der Waals surface area contributed by atoms with Crippen LogP contribution in [0.15, 0.2) is 18.2 Å². The van der Waals surface area contributed by atoms with E-state index in [-0.39, 0.29) is 6.61 Å². The molecule has 0 aliphatic carbocycles. The fourth-order valence-electron chi connectivity index (χ4n) is 1.76. The van der Waals surface area contributed by atoms with Crippen molar-refractivity contribution in [3.05, 3.63) is 23.8 Å². The summed E-state index contributed by atoms with van der Waals surface area (Å²) in [5.41, 5.74) is 1.39. The van der Waals surface area contributed by atoms with Crippen LogP contribution in [0.3, 0.4) is 0 Å². The SMILES string of the molecule is CNc1ccc(C=O)cc1OCCOCCOCCOCCO. The summed E-state index contributed by atoms with van der Waals surface area (Å²) < 4.78 is 21.3. The molecule has 7 heteroatoms. The van der Waals surface area contributed by atoms with Gasteiger partial charge in [-0.15, -0.1) is 0 Å². The van der Waals surface area contributed by atoms with E-state index in [0.29, 0.717) is 57.6 Å². The number of rotatable bonds is 14. The Morgan fingerprint density at radius 1 is 1.00 bits per heavy atom. The number of carbonyl (C=O) groups is 1. The van der Waals surface area contributed by atoms with Crippen molar-refractivity contribution in [2.45, 2.75) is 0 Å². The molecule has 0 unspecified atom stereocenters. The van der Waals surface area contributed by atoms with E-state index >= 15 is 0 Å². The zero-order valence-electron chi connectivity index (χ0n) is 13.5. The number of anilines is 1.